The molecule has 10 nitrogen and oxygen atoms in total. The summed E-state index contributed by atoms with van der Waals surface area (Å²) in [6.07, 6.45) is 0.304. The Morgan fingerprint density at radius 1 is 0.677 bits per heavy atom. The first kappa shape index (κ1) is 34.3. The van der Waals surface area contributed by atoms with Crippen molar-refractivity contribution in [1.29, 1.82) is 0 Å². The number of unbranched alkanes of at least 4 members (excludes halogenated alkanes) is 1. The summed E-state index contributed by atoms with van der Waals surface area (Å²) >= 11 is 0. The van der Waals surface area contributed by atoms with E-state index in [0.717, 1.165) is 0 Å². The van der Waals surface area contributed by atoms with Crippen molar-refractivity contribution in [2.75, 3.05) is 26.4 Å². The Bertz CT molecular complexity index is 385. The van der Waals surface area contributed by atoms with Crippen LogP contribution in [0.2, 0.25) is 0 Å². The summed E-state index contributed by atoms with van der Waals surface area (Å²) in [5.74, 6) is -1.74. The standard InChI is InChI=1S/C9H20O3.C6H10O4.C6H14O3/c1-7(2)11-6-9(4)12-5-8(3)10;7-5(8)3-1-2-4-6(9)10;1-5(8)4-9-6(2)3-7/h7-10H,5-6H2,1-4H3;1-4H2,(H,7,8)(H,9,10);5-8H,3-4H2,1-2H3. The van der Waals surface area contributed by atoms with Gasteiger partial charge < -0.3 is 39.7 Å². The van der Waals surface area contributed by atoms with Crippen molar-refractivity contribution in [3.05, 3.63) is 0 Å². The number of carbonyl (C=O) groups is 2. The number of rotatable bonds is 15. The minimum absolute atomic E-state index is 0.00667. The zero-order valence-corrected chi connectivity index (χ0v) is 19.8. The fourth-order valence-electron chi connectivity index (χ4n) is 1.59. The molecule has 0 fully saturated rings. The summed E-state index contributed by atoms with van der Waals surface area (Å²) in [5, 5.41) is 42.3. The number of aliphatic hydroxyl groups is 3. The molecule has 0 heterocycles. The van der Waals surface area contributed by atoms with Crippen molar-refractivity contribution in [1.82, 2.24) is 0 Å². The van der Waals surface area contributed by atoms with Crippen molar-refractivity contribution in [2.45, 2.75) is 97.7 Å². The second-order valence-corrected chi connectivity index (χ2v) is 7.55. The van der Waals surface area contributed by atoms with Crippen LogP contribution in [-0.2, 0) is 23.8 Å². The van der Waals surface area contributed by atoms with E-state index in [-0.39, 0.29) is 37.8 Å². The average Bonchev–Trinajstić information content (AvgIpc) is 2.66. The van der Waals surface area contributed by atoms with Crippen LogP contribution >= 0.6 is 0 Å². The van der Waals surface area contributed by atoms with E-state index in [0.29, 0.717) is 32.7 Å². The third-order valence-corrected chi connectivity index (χ3v) is 3.20. The predicted octanol–water partition coefficient (Wildman–Crippen LogP) is 1.68. The molecule has 0 aromatic heterocycles. The van der Waals surface area contributed by atoms with Gasteiger partial charge in [0.2, 0.25) is 0 Å². The molecule has 0 bridgehead atoms. The first-order valence-electron chi connectivity index (χ1n) is 10.6. The molecule has 0 aliphatic heterocycles. The van der Waals surface area contributed by atoms with E-state index in [2.05, 4.69) is 0 Å². The Hall–Kier alpha value is -1.30. The second-order valence-electron chi connectivity index (χ2n) is 7.55. The lowest BCUT2D eigenvalue weighted by Crippen LogP contribution is -2.22. The molecule has 0 aliphatic rings. The van der Waals surface area contributed by atoms with Crippen LogP contribution in [0.3, 0.4) is 0 Å². The molecule has 0 spiro atoms. The number of carboxylic acids is 2. The quantitative estimate of drug-likeness (QED) is 0.229. The molecule has 0 aliphatic carbocycles. The lowest BCUT2D eigenvalue weighted by molar-refractivity contribution is -0.139. The minimum atomic E-state index is -0.870. The largest absolute Gasteiger partial charge is 0.481 e. The van der Waals surface area contributed by atoms with Gasteiger partial charge in [-0.25, -0.2) is 0 Å². The number of hydrogen-bond acceptors (Lipinski definition) is 8. The van der Waals surface area contributed by atoms with Gasteiger partial charge >= 0.3 is 11.9 Å². The Morgan fingerprint density at radius 2 is 1.06 bits per heavy atom. The van der Waals surface area contributed by atoms with E-state index in [4.69, 9.17) is 39.7 Å². The van der Waals surface area contributed by atoms with Crippen molar-refractivity contribution >= 4 is 11.9 Å². The van der Waals surface area contributed by atoms with Gasteiger partial charge in [-0.2, -0.15) is 0 Å². The number of aliphatic hydroxyl groups excluding tert-OH is 3. The van der Waals surface area contributed by atoms with E-state index >= 15 is 0 Å². The molecule has 4 unspecified atom stereocenters. The number of ether oxygens (including phenoxy) is 3. The molecule has 0 aromatic rings. The first-order valence-corrected chi connectivity index (χ1v) is 10.6. The van der Waals surface area contributed by atoms with E-state index in [1.807, 2.05) is 20.8 Å². The number of hydrogen-bond donors (Lipinski definition) is 5. The molecule has 0 rings (SSSR count). The molecule has 0 aromatic carbocycles. The van der Waals surface area contributed by atoms with Crippen molar-refractivity contribution in [2.24, 2.45) is 0 Å². The van der Waals surface area contributed by atoms with Gasteiger partial charge in [-0.05, 0) is 54.4 Å². The van der Waals surface area contributed by atoms with Gasteiger partial charge in [0, 0.05) is 12.8 Å². The highest BCUT2D eigenvalue weighted by Crippen LogP contribution is 1.99. The lowest BCUT2D eigenvalue weighted by atomic mass is 10.2. The molecule has 0 saturated heterocycles. The maximum Gasteiger partial charge on any atom is 0.303 e. The summed E-state index contributed by atoms with van der Waals surface area (Å²) in [7, 11) is 0. The summed E-state index contributed by atoms with van der Waals surface area (Å²) < 4.78 is 15.6. The van der Waals surface area contributed by atoms with Crippen LogP contribution < -0.4 is 0 Å². The van der Waals surface area contributed by atoms with Crippen LogP contribution in [0.1, 0.15) is 67.2 Å². The van der Waals surface area contributed by atoms with Crippen molar-refractivity contribution in [3.63, 3.8) is 0 Å². The maximum absolute atomic E-state index is 9.90. The Morgan fingerprint density at radius 3 is 1.35 bits per heavy atom. The lowest BCUT2D eigenvalue weighted by Gasteiger charge is -2.15. The Balaban J connectivity index is -0.000000384. The van der Waals surface area contributed by atoms with Crippen molar-refractivity contribution in [3.8, 4) is 0 Å². The monoisotopic (exact) mass is 456 g/mol. The van der Waals surface area contributed by atoms with Crippen LogP contribution in [-0.4, -0.2) is 94.4 Å². The third kappa shape index (κ3) is 39.7. The normalized spacial score (nSPS) is 14.4. The van der Waals surface area contributed by atoms with E-state index in [1.54, 1.807) is 20.8 Å². The summed E-state index contributed by atoms with van der Waals surface area (Å²) in [5.41, 5.74) is 0. The number of aliphatic carboxylic acids is 2. The molecule has 4 atom stereocenters. The molecular formula is C21H44O10. The van der Waals surface area contributed by atoms with Gasteiger partial charge in [0.15, 0.2) is 0 Å². The molecule has 0 radical (unpaired) electrons. The van der Waals surface area contributed by atoms with Crippen LogP contribution in [0.25, 0.3) is 0 Å². The molecule has 31 heavy (non-hydrogen) atoms. The van der Waals surface area contributed by atoms with E-state index in [1.165, 1.54) is 0 Å². The maximum atomic E-state index is 9.90. The third-order valence-electron chi connectivity index (χ3n) is 3.20. The fraction of sp³-hybridized carbons (Fsp3) is 0.905. The highest BCUT2D eigenvalue weighted by Gasteiger charge is 2.05. The van der Waals surface area contributed by atoms with Gasteiger partial charge in [-0.3, -0.25) is 9.59 Å². The first-order chi connectivity index (χ1) is 14.3. The van der Waals surface area contributed by atoms with E-state index in [9.17, 15) is 9.59 Å². The second kappa shape index (κ2) is 23.4. The summed E-state index contributed by atoms with van der Waals surface area (Å²) in [6.45, 7) is 12.3. The van der Waals surface area contributed by atoms with E-state index < -0.39 is 24.1 Å². The molecule has 0 saturated carbocycles. The van der Waals surface area contributed by atoms with Crippen molar-refractivity contribution < 1.29 is 49.3 Å². The summed E-state index contributed by atoms with van der Waals surface area (Å²) in [4.78, 5) is 19.8. The molecule has 0 amide bonds. The molecule has 5 N–H and O–H groups in total. The predicted molar refractivity (Wildman–Crippen MR) is 116 cm³/mol. The summed E-state index contributed by atoms with van der Waals surface area (Å²) in [6, 6.07) is 0. The minimum Gasteiger partial charge on any atom is -0.481 e. The number of carboxylic acid groups (broad SMARTS) is 2. The van der Waals surface area contributed by atoms with Gasteiger partial charge in [-0.1, -0.05) is 0 Å². The zero-order valence-electron chi connectivity index (χ0n) is 19.8. The van der Waals surface area contributed by atoms with Gasteiger partial charge in [0.1, 0.15) is 0 Å². The highest BCUT2D eigenvalue weighted by molar-refractivity contribution is 5.67. The van der Waals surface area contributed by atoms with Crippen LogP contribution in [0, 0.1) is 0 Å². The van der Waals surface area contributed by atoms with Gasteiger partial charge in [0.05, 0.1) is 56.9 Å². The van der Waals surface area contributed by atoms with Crippen LogP contribution in [0.15, 0.2) is 0 Å². The van der Waals surface area contributed by atoms with Gasteiger partial charge in [0.25, 0.3) is 0 Å². The molecule has 188 valence electrons. The zero-order chi connectivity index (χ0) is 24.8. The molecule has 10 heteroatoms. The average molecular weight is 457 g/mol. The van der Waals surface area contributed by atoms with Gasteiger partial charge in [-0.15, -0.1) is 0 Å². The smallest absolute Gasteiger partial charge is 0.303 e. The topological polar surface area (TPSA) is 163 Å². The highest BCUT2D eigenvalue weighted by atomic mass is 16.5. The Kier molecular flexibility index (Phi) is 25.9. The Labute approximate surface area is 186 Å². The van der Waals surface area contributed by atoms with Crippen LogP contribution in [0.4, 0.5) is 0 Å². The SMILES string of the molecule is CC(O)COC(C)CO.CC(O)COC(C)COC(C)C.O=C(O)CCCCC(=O)O. The fourth-order valence-corrected chi connectivity index (χ4v) is 1.59. The van der Waals surface area contributed by atoms with Crippen LogP contribution in [0.5, 0.6) is 0 Å². The molecular weight excluding hydrogens is 412 g/mol.